The Morgan fingerprint density at radius 2 is 2.08 bits per heavy atom. The van der Waals surface area contributed by atoms with Crippen LogP contribution in [0.3, 0.4) is 0 Å². The van der Waals surface area contributed by atoms with Crippen molar-refractivity contribution in [2.45, 2.75) is 11.8 Å². The van der Waals surface area contributed by atoms with Gasteiger partial charge in [-0.1, -0.05) is 18.2 Å². The van der Waals surface area contributed by atoms with Gasteiger partial charge < -0.3 is 4.74 Å². The van der Waals surface area contributed by atoms with Crippen LogP contribution in [-0.2, 0) is 4.74 Å². The molecule has 0 fully saturated rings. The first-order valence-electron chi connectivity index (χ1n) is 4.19. The monoisotopic (exact) mass is 194 g/mol. The smallest absolute Gasteiger partial charge is 0.0822 e. The number of methoxy groups -OCH3 is 1. The summed E-state index contributed by atoms with van der Waals surface area (Å²) in [5.74, 6) is 0.984. The molecule has 70 valence electrons. The Labute approximate surface area is 83.8 Å². The Kier molecular flexibility index (Phi) is 4.47. The van der Waals surface area contributed by atoms with Gasteiger partial charge in [-0.15, -0.1) is 11.8 Å². The fourth-order valence-electron chi connectivity index (χ4n) is 0.949. The van der Waals surface area contributed by atoms with Crippen molar-refractivity contribution >= 4 is 11.8 Å². The summed E-state index contributed by atoms with van der Waals surface area (Å²) < 4.78 is 4.92. The van der Waals surface area contributed by atoms with Gasteiger partial charge in [0.1, 0.15) is 0 Å². The summed E-state index contributed by atoms with van der Waals surface area (Å²) in [6.07, 6.45) is 1.79. The van der Waals surface area contributed by atoms with Crippen LogP contribution in [0.5, 0.6) is 0 Å². The van der Waals surface area contributed by atoms with Gasteiger partial charge in [-0.25, -0.2) is 0 Å². The lowest BCUT2D eigenvalue weighted by molar-refractivity contribution is 0.334. The van der Waals surface area contributed by atoms with Gasteiger partial charge in [0.15, 0.2) is 0 Å². The minimum Gasteiger partial charge on any atom is -0.504 e. The minimum atomic E-state index is 0.984. The maximum absolute atomic E-state index is 4.92. The summed E-state index contributed by atoms with van der Waals surface area (Å²) in [6.45, 7) is 2.07. The van der Waals surface area contributed by atoms with E-state index in [-0.39, 0.29) is 0 Å². The van der Waals surface area contributed by atoms with E-state index < -0.39 is 0 Å². The quantitative estimate of drug-likeness (QED) is 0.537. The third-order valence-electron chi connectivity index (χ3n) is 1.53. The molecule has 0 saturated heterocycles. The largest absolute Gasteiger partial charge is 0.504 e. The summed E-state index contributed by atoms with van der Waals surface area (Å²) in [5.41, 5.74) is 1.25. The predicted molar refractivity (Wildman–Crippen MR) is 57.9 cm³/mol. The van der Waals surface area contributed by atoms with Crippen molar-refractivity contribution in [3.63, 3.8) is 0 Å². The van der Waals surface area contributed by atoms with Crippen LogP contribution in [0.2, 0.25) is 0 Å². The van der Waals surface area contributed by atoms with Gasteiger partial charge in [-0.05, 0) is 24.6 Å². The first-order chi connectivity index (χ1) is 6.33. The number of thioether (sulfide) groups is 1. The molecule has 1 nitrogen and oxygen atoms in total. The lowest BCUT2D eigenvalue weighted by Crippen LogP contribution is -1.82. The van der Waals surface area contributed by atoms with Gasteiger partial charge in [0.2, 0.25) is 0 Å². The molecule has 0 aliphatic rings. The molecular weight excluding hydrogens is 180 g/mol. The average molecular weight is 194 g/mol. The molecule has 0 amide bonds. The van der Waals surface area contributed by atoms with E-state index in [0.29, 0.717) is 0 Å². The topological polar surface area (TPSA) is 9.23 Å². The minimum absolute atomic E-state index is 0.984. The van der Waals surface area contributed by atoms with Gasteiger partial charge in [0.25, 0.3) is 0 Å². The fraction of sp³-hybridized carbons (Fsp3) is 0.273. The normalized spacial score (nSPS) is 11.4. The summed E-state index contributed by atoms with van der Waals surface area (Å²) in [4.78, 5) is 1.30. The average Bonchev–Trinajstić information content (AvgIpc) is 2.17. The summed E-state index contributed by atoms with van der Waals surface area (Å²) in [6, 6.07) is 10.4. The van der Waals surface area contributed by atoms with Crippen LogP contribution >= 0.6 is 11.8 Å². The summed E-state index contributed by atoms with van der Waals surface area (Å²) >= 11 is 1.82. The van der Waals surface area contributed by atoms with Crippen LogP contribution in [0, 0.1) is 0 Å². The van der Waals surface area contributed by atoms with Crippen LogP contribution in [0.15, 0.2) is 47.1 Å². The Morgan fingerprint density at radius 1 is 1.38 bits per heavy atom. The Balaban J connectivity index is 2.39. The molecule has 0 bridgehead atoms. The van der Waals surface area contributed by atoms with Crippen LogP contribution < -0.4 is 0 Å². The van der Waals surface area contributed by atoms with E-state index in [4.69, 9.17) is 4.74 Å². The highest BCUT2D eigenvalue weighted by Crippen LogP contribution is 2.19. The van der Waals surface area contributed by atoms with E-state index >= 15 is 0 Å². The number of rotatable bonds is 4. The van der Waals surface area contributed by atoms with Gasteiger partial charge in [-0.3, -0.25) is 0 Å². The number of hydrogen-bond donors (Lipinski definition) is 0. The third-order valence-corrected chi connectivity index (χ3v) is 2.73. The Hall–Kier alpha value is -0.890. The zero-order chi connectivity index (χ0) is 9.52. The summed E-state index contributed by atoms with van der Waals surface area (Å²) in [7, 11) is 1.68. The molecule has 0 heterocycles. The molecule has 0 spiro atoms. The van der Waals surface area contributed by atoms with Gasteiger partial charge >= 0.3 is 0 Å². The number of ether oxygens (including phenoxy) is 1. The molecule has 0 radical (unpaired) electrons. The second kappa shape index (κ2) is 5.70. The maximum atomic E-state index is 4.92. The van der Waals surface area contributed by atoms with Crippen molar-refractivity contribution in [3.8, 4) is 0 Å². The second-order valence-corrected chi connectivity index (χ2v) is 3.85. The molecule has 0 aliphatic carbocycles. The fourth-order valence-corrected chi connectivity index (χ4v) is 1.76. The Morgan fingerprint density at radius 3 is 2.69 bits per heavy atom. The SMILES string of the molecule is CO/C=C(\C)CSc1ccccc1. The van der Waals surface area contributed by atoms with Gasteiger partial charge in [0.05, 0.1) is 13.4 Å². The summed E-state index contributed by atoms with van der Waals surface area (Å²) in [5, 5.41) is 0. The van der Waals surface area contributed by atoms with Crippen molar-refractivity contribution in [2.75, 3.05) is 12.9 Å². The van der Waals surface area contributed by atoms with E-state index in [1.54, 1.807) is 13.4 Å². The lowest BCUT2D eigenvalue weighted by atomic mass is 10.4. The predicted octanol–water partition coefficient (Wildman–Crippen LogP) is 3.33. The molecule has 0 saturated carbocycles. The van der Waals surface area contributed by atoms with E-state index in [1.165, 1.54) is 10.5 Å². The number of benzene rings is 1. The van der Waals surface area contributed by atoms with E-state index in [1.807, 2.05) is 17.8 Å². The Bertz CT molecular complexity index is 267. The standard InChI is InChI=1S/C11H14OS/c1-10(8-12-2)9-13-11-6-4-3-5-7-11/h3-8H,9H2,1-2H3/b10-8+. The molecular formula is C11H14OS. The van der Waals surface area contributed by atoms with E-state index in [0.717, 1.165) is 5.75 Å². The van der Waals surface area contributed by atoms with Gasteiger partial charge in [-0.2, -0.15) is 0 Å². The molecule has 1 aromatic rings. The first kappa shape index (κ1) is 10.2. The molecule has 2 heteroatoms. The van der Waals surface area contributed by atoms with Crippen LogP contribution in [0.1, 0.15) is 6.92 Å². The second-order valence-electron chi connectivity index (χ2n) is 2.80. The zero-order valence-corrected chi connectivity index (χ0v) is 8.80. The maximum Gasteiger partial charge on any atom is 0.0822 e. The molecule has 1 rings (SSSR count). The third kappa shape index (κ3) is 4.04. The zero-order valence-electron chi connectivity index (χ0n) is 7.99. The highest BCUT2D eigenvalue weighted by molar-refractivity contribution is 7.99. The first-order valence-corrected chi connectivity index (χ1v) is 5.18. The van der Waals surface area contributed by atoms with Crippen LogP contribution in [-0.4, -0.2) is 12.9 Å². The van der Waals surface area contributed by atoms with Crippen molar-refractivity contribution in [3.05, 3.63) is 42.2 Å². The highest BCUT2D eigenvalue weighted by atomic mass is 32.2. The van der Waals surface area contributed by atoms with Crippen molar-refractivity contribution in [1.29, 1.82) is 0 Å². The molecule has 0 aliphatic heterocycles. The molecule has 0 unspecified atom stereocenters. The lowest BCUT2D eigenvalue weighted by Gasteiger charge is -2.00. The van der Waals surface area contributed by atoms with Gasteiger partial charge in [0, 0.05) is 10.6 Å². The van der Waals surface area contributed by atoms with Crippen LogP contribution in [0.4, 0.5) is 0 Å². The number of hydrogen-bond acceptors (Lipinski definition) is 2. The molecule has 1 aromatic carbocycles. The van der Waals surface area contributed by atoms with Crippen molar-refractivity contribution in [1.82, 2.24) is 0 Å². The van der Waals surface area contributed by atoms with E-state index in [2.05, 4.69) is 31.2 Å². The van der Waals surface area contributed by atoms with Crippen molar-refractivity contribution in [2.24, 2.45) is 0 Å². The van der Waals surface area contributed by atoms with Crippen molar-refractivity contribution < 1.29 is 4.74 Å². The van der Waals surface area contributed by atoms with Crippen LogP contribution in [0.25, 0.3) is 0 Å². The molecule has 13 heavy (non-hydrogen) atoms. The molecule has 0 aromatic heterocycles. The van der Waals surface area contributed by atoms with E-state index in [9.17, 15) is 0 Å². The molecule has 0 atom stereocenters. The highest BCUT2D eigenvalue weighted by Gasteiger charge is 1.93. The molecule has 0 N–H and O–H groups in total.